The maximum atomic E-state index is 12.5. The lowest BCUT2D eigenvalue weighted by molar-refractivity contribution is -0.135. The molecule has 0 aliphatic carbocycles. The second-order valence-electron chi connectivity index (χ2n) is 5.54. The quantitative estimate of drug-likeness (QED) is 0.883. The first-order valence-corrected chi connectivity index (χ1v) is 7.47. The van der Waals surface area contributed by atoms with Crippen molar-refractivity contribution in [2.45, 2.75) is 32.1 Å². The number of phenolic OH excluding ortho intramolecular Hbond substituents is 1. The zero-order valence-electron chi connectivity index (χ0n) is 11.9. The van der Waals surface area contributed by atoms with Crippen molar-refractivity contribution in [3.63, 3.8) is 0 Å². The summed E-state index contributed by atoms with van der Waals surface area (Å²) in [5.41, 5.74) is 6.84. The maximum absolute atomic E-state index is 12.5. The normalized spacial score (nSPS) is 17.6. The molecule has 0 radical (unpaired) electrons. The van der Waals surface area contributed by atoms with E-state index < -0.39 is 0 Å². The van der Waals surface area contributed by atoms with Crippen LogP contribution in [0.4, 0.5) is 0 Å². The van der Waals surface area contributed by atoms with E-state index in [1.54, 1.807) is 12.1 Å². The van der Waals surface area contributed by atoms with Crippen LogP contribution in [0, 0.1) is 5.92 Å². The molecule has 110 valence electrons. The number of nitrogens with zero attached hydrogens (tertiary/aromatic N) is 1. The van der Waals surface area contributed by atoms with Crippen molar-refractivity contribution in [1.82, 2.24) is 4.90 Å². The van der Waals surface area contributed by atoms with Crippen molar-refractivity contribution >= 4 is 5.91 Å². The Hall–Kier alpha value is -1.55. The number of likely N-dealkylation sites (tertiary alicyclic amines) is 1. The number of phenols is 1. The van der Waals surface area contributed by atoms with Crippen LogP contribution in [0.15, 0.2) is 24.3 Å². The van der Waals surface area contributed by atoms with Gasteiger partial charge in [-0.2, -0.15) is 0 Å². The average molecular weight is 276 g/mol. The number of carbonyl (C=O) groups is 1. The van der Waals surface area contributed by atoms with Gasteiger partial charge in [-0.25, -0.2) is 0 Å². The molecule has 0 saturated carbocycles. The number of hydrogen-bond acceptors (Lipinski definition) is 3. The summed E-state index contributed by atoms with van der Waals surface area (Å²) in [4.78, 5) is 14.5. The van der Waals surface area contributed by atoms with Crippen molar-refractivity contribution in [3.8, 4) is 5.75 Å². The molecule has 1 atom stereocenters. The fourth-order valence-electron chi connectivity index (χ4n) is 2.74. The summed E-state index contributed by atoms with van der Waals surface area (Å²) in [6, 6.07) is 7.01. The minimum Gasteiger partial charge on any atom is -0.508 e. The van der Waals surface area contributed by atoms with Crippen LogP contribution in [0.3, 0.4) is 0 Å². The summed E-state index contributed by atoms with van der Waals surface area (Å²) in [5, 5.41) is 9.29. The van der Waals surface area contributed by atoms with Crippen molar-refractivity contribution in [3.05, 3.63) is 29.8 Å². The molecule has 1 aromatic carbocycles. The van der Waals surface area contributed by atoms with Gasteiger partial charge in [0.15, 0.2) is 0 Å². The van der Waals surface area contributed by atoms with E-state index in [9.17, 15) is 9.90 Å². The van der Waals surface area contributed by atoms with Crippen LogP contribution in [0.25, 0.3) is 0 Å². The van der Waals surface area contributed by atoms with E-state index in [0.717, 1.165) is 31.5 Å². The highest BCUT2D eigenvalue weighted by Gasteiger charge is 2.24. The molecule has 1 aliphatic heterocycles. The highest BCUT2D eigenvalue weighted by molar-refractivity contribution is 5.79. The molecule has 2 rings (SSSR count). The van der Waals surface area contributed by atoms with Gasteiger partial charge in [0, 0.05) is 19.6 Å². The predicted molar refractivity (Wildman–Crippen MR) is 79.4 cm³/mol. The van der Waals surface area contributed by atoms with E-state index in [1.807, 2.05) is 17.0 Å². The van der Waals surface area contributed by atoms with Gasteiger partial charge in [0.2, 0.25) is 5.91 Å². The molecule has 1 saturated heterocycles. The number of carbonyl (C=O) groups excluding carboxylic acids is 1. The molecule has 1 heterocycles. The molecule has 1 fully saturated rings. The first-order valence-electron chi connectivity index (χ1n) is 7.47. The van der Waals surface area contributed by atoms with Crippen LogP contribution >= 0.6 is 0 Å². The molecule has 0 spiro atoms. The lowest BCUT2D eigenvalue weighted by Crippen LogP contribution is -2.40. The highest BCUT2D eigenvalue weighted by Crippen LogP contribution is 2.17. The third kappa shape index (κ3) is 3.97. The molecule has 1 amide bonds. The monoisotopic (exact) mass is 276 g/mol. The third-order valence-electron chi connectivity index (χ3n) is 3.97. The number of benzene rings is 1. The van der Waals surface area contributed by atoms with Gasteiger partial charge in [-0.15, -0.1) is 0 Å². The molecule has 1 aromatic rings. The number of rotatable bonds is 4. The van der Waals surface area contributed by atoms with Gasteiger partial charge in [-0.1, -0.05) is 25.0 Å². The molecule has 3 N–H and O–H groups in total. The first-order chi connectivity index (χ1) is 9.70. The Morgan fingerprint density at radius 2 is 1.75 bits per heavy atom. The fourth-order valence-corrected chi connectivity index (χ4v) is 2.74. The lowest BCUT2D eigenvalue weighted by Gasteiger charge is -2.25. The number of nitrogens with two attached hydrogens (primary N) is 1. The Bertz CT molecular complexity index is 423. The SMILES string of the molecule is NCC(Cc1ccc(O)cc1)C(=O)N1CCCCCC1. The predicted octanol–water partition coefficient (Wildman–Crippen LogP) is 1.91. The molecule has 1 unspecified atom stereocenters. The van der Waals surface area contributed by atoms with Crippen LogP contribution < -0.4 is 5.73 Å². The van der Waals surface area contributed by atoms with Crippen LogP contribution in [-0.2, 0) is 11.2 Å². The summed E-state index contributed by atoms with van der Waals surface area (Å²) in [7, 11) is 0. The first kappa shape index (κ1) is 14.9. The largest absolute Gasteiger partial charge is 0.508 e. The van der Waals surface area contributed by atoms with E-state index in [1.165, 1.54) is 12.8 Å². The highest BCUT2D eigenvalue weighted by atomic mass is 16.3. The Balaban J connectivity index is 1.99. The van der Waals surface area contributed by atoms with Crippen molar-refractivity contribution < 1.29 is 9.90 Å². The van der Waals surface area contributed by atoms with Gasteiger partial charge in [-0.3, -0.25) is 4.79 Å². The summed E-state index contributed by atoms with van der Waals surface area (Å²) in [5.74, 6) is 0.275. The molecule has 20 heavy (non-hydrogen) atoms. The minimum atomic E-state index is -0.155. The number of aromatic hydroxyl groups is 1. The Morgan fingerprint density at radius 1 is 1.15 bits per heavy atom. The van der Waals surface area contributed by atoms with E-state index in [0.29, 0.717) is 13.0 Å². The van der Waals surface area contributed by atoms with Gasteiger partial charge in [0.25, 0.3) is 0 Å². The van der Waals surface area contributed by atoms with Crippen LogP contribution in [0.1, 0.15) is 31.2 Å². The third-order valence-corrected chi connectivity index (χ3v) is 3.97. The molecule has 0 bridgehead atoms. The average Bonchev–Trinajstić information content (AvgIpc) is 2.75. The zero-order valence-corrected chi connectivity index (χ0v) is 11.9. The number of hydrogen-bond donors (Lipinski definition) is 2. The minimum absolute atomic E-state index is 0.155. The molecular weight excluding hydrogens is 252 g/mol. The second-order valence-corrected chi connectivity index (χ2v) is 5.54. The summed E-state index contributed by atoms with van der Waals surface area (Å²) in [6.07, 6.45) is 5.28. The topological polar surface area (TPSA) is 66.6 Å². The van der Waals surface area contributed by atoms with Crippen molar-refractivity contribution in [1.29, 1.82) is 0 Å². The van der Waals surface area contributed by atoms with E-state index in [4.69, 9.17) is 5.73 Å². The van der Waals surface area contributed by atoms with Crippen molar-refractivity contribution in [2.75, 3.05) is 19.6 Å². The summed E-state index contributed by atoms with van der Waals surface area (Å²) in [6.45, 7) is 2.10. The molecule has 4 nitrogen and oxygen atoms in total. The second kappa shape index (κ2) is 7.29. The zero-order chi connectivity index (χ0) is 14.4. The van der Waals surface area contributed by atoms with Crippen LogP contribution in [-0.4, -0.2) is 35.5 Å². The Labute approximate surface area is 120 Å². The Morgan fingerprint density at radius 3 is 2.30 bits per heavy atom. The van der Waals surface area contributed by atoms with E-state index in [2.05, 4.69) is 0 Å². The van der Waals surface area contributed by atoms with E-state index >= 15 is 0 Å². The van der Waals surface area contributed by atoms with E-state index in [-0.39, 0.29) is 17.6 Å². The van der Waals surface area contributed by atoms with Gasteiger partial charge >= 0.3 is 0 Å². The lowest BCUT2D eigenvalue weighted by atomic mass is 9.97. The van der Waals surface area contributed by atoms with Gasteiger partial charge in [0.05, 0.1) is 5.92 Å². The standard InChI is InChI=1S/C16H24N2O2/c17-12-14(11-13-5-7-15(19)8-6-13)16(20)18-9-3-1-2-4-10-18/h5-8,14,19H,1-4,9-12,17H2. The fraction of sp³-hybridized carbons (Fsp3) is 0.562. The van der Waals surface area contributed by atoms with Crippen LogP contribution in [0.2, 0.25) is 0 Å². The van der Waals surface area contributed by atoms with Gasteiger partial charge in [0.1, 0.15) is 5.75 Å². The number of amides is 1. The molecule has 4 heteroatoms. The molecule has 0 aromatic heterocycles. The summed E-state index contributed by atoms with van der Waals surface area (Å²) >= 11 is 0. The Kier molecular flexibility index (Phi) is 5.41. The molecule has 1 aliphatic rings. The van der Waals surface area contributed by atoms with Gasteiger partial charge < -0.3 is 15.7 Å². The maximum Gasteiger partial charge on any atom is 0.227 e. The van der Waals surface area contributed by atoms with Crippen LogP contribution in [0.5, 0.6) is 5.75 Å². The smallest absolute Gasteiger partial charge is 0.227 e. The van der Waals surface area contributed by atoms with Crippen molar-refractivity contribution in [2.24, 2.45) is 11.7 Å². The molecular formula is C16H24N2O2. The summed E-state index contributed by atoms with van der Waals surface area (Å²) < 4.78 is 0. The van der Waals surface area contributed by atoms with Gasteiger partial charge in [-0.05, 0) is 37.0 Å².